The SMILES string of the molecule is CCNc1nc(Cl)nc(NC(C)C)n1.O=C(O)COc1ccc(Cl)c2cccnc12. The molecule has 3 N–H and O–H groups in total. The van der Waals surface area contributed by atoms with Crippen LogP contribution in [0.5, 0.6) is 5.75 Å². The molecule has 3 aromatic rings. The van der Waals surface area contributed by atoms with Crippen LogP contribution in [0.25, 0.3) is 10.9 Å². The topological polar surface area (TPSA) is 122 Å². The van der Waals surface area contributed by atoms with Crippen LogP contribution in [-0.2, 0) is 4.79 Å². The highest BCUT2D eigenvalue weighted by atomic mass is 35.5. The van der Waals surface area contributed by atoms with Crippen molar-refractivity contribution in [1.29, 1.82) is 0 Å². The summed E-state index contributed by atoms with van der Waals surface area (Å²) in [6.07, 6.45) is 1.60. The maximum absolute atomic E-state index is 10.4. The molecule has 30 heavy (non-hydrogen) atoms. The fourth-order valence-corrected chi connectivity index (χ4v) is 2.65. The van der Waals surface area contributed by atoms with E-state index in [1.54, 1.807) is 30.5 Å². The Hall–Kier alpha value is -2.91. The maximum atomic E-state index is 10.4. The first-order chi connectivity index (χ1) is 14.3. The molecule has 2 heterocycles. The molecular weight excluding hydrogens is 431 g/mol. The van der Waals surface area contributed by atoms with E-state index < -0.39 is 12.6 Å². The number of rotatable bonds is 7. The van der Waals surface area contributed by atoms with E-state index in [1.165, 1.54) is 0 Å². The number of pyridine rings is 1. The van der Waals surface area contributed by atoms with Gasteiger partial charge in [-0.05, 0) is 56.6 Å². The number of halogens is 2. The average Bonchev–Trinajstić information content (AvgIpc) is 2.67. The molecule has 0 amide bonds. The summed E-state index contributed by atoms with van der Waals surface area (Å²) >= 11 is 11.7. The number of benzene rings is 1. The minimum atomic E-state index is -1.03. The zero-order chi connectivity index (χ0) is 22.1. The minimum Gasteiger partial charge on any atom is -0.480 e. The highest BCUT2D eigenvalue weighted by Crippen LogP contribution is 2.29. The predicted molar refractivity (Wildman–Crippen MR) is 118 cm³/mol. The van der Waals surface area contributed by atoms with Gasteiger partial charge in [0.15, 0.2) is 6.61 Å². The minimum absolute atomic E-state index is 0.194. The van der Waals surface area contributed by atoms with Gasteiger partial charge in [0.25, 0.3) is 0 Å². The number of carbonyl (C=O) groups is 1. The van der Waals surface area contributed by atoms with Crippen LogP contribution in [0.15, 0.2) is 30.5 Å². The van der Waals surface area contributed by atoms with Crippen molar-refractivity contribution in [3.8, 4) is 5.75 Å². The van der Waals surface area contributed by atoms with Crippen molar-refractivity contribution >= 4 is 52.0 Å². The summed E-state index contributed by atoms with van der Waals surface area (Å²) in [4.78, 5) is 26.5. The van der Waals surface area contributed by atoms with Crippen LogP contribution < -0.4 is 15.4 Å². The normalized spacial score (nSPS) is 10.3. The van der Waals surface area contributed by atoms with Gasteiger partial charge in [0.2, 0.25) is 17.2 Å². The van der Waals surface area contributed by atoms with Gasteiger partial charge < -0.3 is 20.5 Å². The van der Waals surface area contributed by atoms with E-state index in [2.05, 4.69) is 30.6 Å². The zero-order valence-corrected chi connectivity index (χ0v) is 18.2. The quantitative estimate of drug-likeness (QED) is 0.485. The third-order valence-corrected chi connectivity index (χ3v) is 3.89. The Morgan fingerprint density at radius 2 is 1.90 bits per heavy atom. The van der Waals surface area contributed by atoms with Crippen LogP contribution >= 0.6 is 23.2 Å². The van der Waals surface area contributed by atoms with Gasteiger partial charge in [-0.25, -0.2) is 4.79 Å². The number of aliphatic carboxylic acids is 1. The highest BCUT2D eigenvalue weighted by Gasteiger charge is 2.08. The third kappa shape index (κ3) is 7.16. The fourth-order valence-electron chi connectivity index (χ4n) is 2.28. The van der Waals surface area contributed by atoms with E-state index in [9.17, 15) is 4.79 Å². The lowest BCUT2D eigenvalue weighted by Gasteiger charge is -2.09. The smallest absolute Gasteiger partial charge is 0.341 e. The van der Waals surface area contributed by atoms with Crippen molar-refractivity contribution in [2.45, 2.75) is 26.8 Å². The van der Waals surface area contributed by atoms with Crippen LogP contribution in [0.2, 0.25) is 10.3 Å². The number of fused-ring (bicyclic) bond motifs is 1. The van der Waals surface area contributed by atoms with Crippen LogP contribution in [0, 0.1) is 0 Å². The Morgan fingerprint density at radius 1 is 1.17 bits per heavy atom. The molecule has 9 nitrogen and oxygen atoms in total. The van der Waals surface area contributed by atoms with Gasteiger partial charge in [-0.2, -0.15) is 15.0 Å². The molecule has 0 aliphatic heterocycles. The first-order valence-corrected chi connectivity index (χ1v) is 9.85. The summed E-state index contributed by atoms with van der Waals surface area (Å²) in [6.45, 7) is 6.33. The monoisotopic (exact) mass is 452 g/mol. The largest absolute Gasteiger partial charge is 0.480 e. The van der Waals surface area contributed by atoms with Gasteiger partial charge in [-0.15, -0.1) is 0 Å². The van der Waals surface area contributed by atoms with Crippen LogP contribution in [0.4, 0.5) is 11.9 Å². The van der Waals surface area contributed by atoms with Crippen LogP contribution in [0.1, 0.15) is 20.8 Å². The molecule has 11 heteroatoms. The highest BCUT2D eigenvalue weighted by molar-refractivity contribution is 6.35. The van der Waals surface area contributed by atoms with Crippen molar-refractivity contribution < 1.29 is 14.6 Å². The number of carboxylic acid groups (broad SMARTS) is 1. The molecule has 160 valence electrons. The molecule has 1 aromatic carbocycles. The number of hydrogen-bond donors (Lipinski definition) is 3. The Morgan fingerprint density at radius 3 is 2.57 bits per heavy atom. The van der Waals surface area contributed by atoms with Crippen molar-refractivity contribution in [2.75, 3.05) is 23.8 Å². The molecule has 0 radical (unpaired) electrons. The van der Waals surface area contributed by atoms with Gasteiger partial charge in [-0.1, -0.05) is 11.6 Å². The van der Waals surface area contributed by atoms with Gasteiger partial charge >= 0.3 is 5.97 Å². The van der Waals surface area contributed by atoms with E-state index in [1.807, 2.05) is 20.8 Å². The Balaban J connectivity index is 0.000000216. The molecule has 0 spiro atoms. The number of aromatic nitrogens is 4. The number of anilines is 2. The summed E-state index contributed by atoms with van der Waals surface area (Å²) in [5, 5.41) is 16.1. The predicted octanol–water partition coefficient (Wildman–Crippen LogP) is 4.13. The lowest BCUT2D eigenvalue weighted by atomic mass is 10.2. The van der Waals surface area contributed by atoms with E-state index in [4.69, 9.17) is 33.0 Å². The summed E-state index contributed by atoms with van der Waals surface area (Å²) in [6, 6.07) is 7.10. The lowest BCUT2D eigenvalue weighted by Crippen LogP contribution is -2.14. The summed E-state index contributed by atoms with van der Waals surface area (Å²) < 4.78 is 5.12. The number of hydrogen-bond acceptors (Lipinski definition) is 8. The molecule has 0 saturated carbocycles. The molecule has 0 fully saturated rings. The fraction of sp³-hybridized carbons (Fsp3) is 0.316. The molecule has 0 aliphatic carbocycles. The van der Waals surface area contributed by atoms with Crippen molar-refractivity contribution in [2.24, 2.45) is 0 Å². The molecule has 0 aliphatic rings. The van der Waals surface area contributed by atoms with Crippen LogP contribution in [-0.4, -0.2) is 50.2 Å². The summed E-state index contributed by atoms with van der Waals surface area (Å²) in [5.41, 5.74) is 0.566. The summed E-state index contributed by atoms with van der Waals surface area (Å²) in [5.74, 6) is 0.382. The van der Waals surface area contributed by atoms with Crippen molar-refractivity contribution in [1.82, 2.24) is 19.9 Å². The van der Waals surface area contributed by atoms with Gasteiger partial charge in [0.05, 0.1) is 5.02 Å². The molecule has 3 rings (SSSR count). The Kier molecular flexibility index (Phi) is 8.82. The Labute approximate surface area is 183 Å². The van der Waals surface area contributed by atoms with E-state index in [0.29, 0.717) is 28.2 Å². The second-order valence-corrected chi connectivity index (χ2v) is 6.95. The zero-order valence-electron chi connectivity index (χ0n) is 16.7. The molecule has 2 aromatic heterocycles. The standard InChI is InChI=1S/C11H8ClNO3.C8H14ClN5/c12-8-3-4-9(16-6-10(14)15)11-7(8)2-1-5-13-11;1-4-10-7-12-6(9)13-8(14-7)11-5(2)3/h1-5H,6H2,(H,14,15);5H,4H2,1-3H3,(H2,10,11,12,13,14). The molecule has 0 saturated heterocycles. The first kappa shape index (κ1) is 23.4. The number of nitrogens with zero attached hydrogens (tertiary/aromatic N) is 4. The number of ether oxygens (including phenoxy) is 1. The van der Waals surface area contributed by atoms with E-state index in [-0.39, 0.29) is 11.3 Å². The van der Waals surface area contributed by atoms with Gasteiger partial charge in [0, 0.05) is 24.2 Å². The van der Waals surface area contributed by atoms with Gasteiger partial charge in [-0.3, -0.25) is 4.98 Å². The molecule has 0 atom stereocenters. The first-order valence-electron chi connectivity index (χ1n) is 9.10. The molecule has 0 unspecified atom stereocenters. The van der Waals surface area contributed by atoms with E-state index in [0.717, 1.165) is 11.9 Å². The maximum Gasteiger partial charge on any atom is 0.341 e. The third-order valence-electron chi connectivity index (χ3n) is 3.39. The average molecular weight is 453 g/mol. The van der Waals surface area contributed by atoms with Crippen molar-refractivity contribution in [3.05, 3.63) is 40.8 Å². The van der Waals surface area contributed by atoms with Crippen molar-refractivity contribution in [3.63, 3.8) is 0 Å². The second kappa shape index (κ2) is 11.3. The molecular formula is C19H22Cl2N6O3. The second-order valence-electron chi connectivity index (χ2n) is 6.21. The molecule has 0 bridgehead atoms. The Bertz CT molecular complexity index is 1000. The summed E-state index contributed by atoms with van der Waals surface area (Å²) in [7, 11) is 0. The lowest BCUT2D eigenvalue weighted by molar-refractivity contribution is -0.139. The van der Waals surface area contributed by atoms with E-state index >= 15 is 0 Å². The number of nitrogens with one attached hydrogen (secondary N) is 2. The van der Waals surface area contributed by atoms with Crippen LogP contribution in [0.3, 0.4) is 0 Å². The van der Waals surface area contributed by atoms with Gasteiger partial charge in [0.1, 0.15) is 11.3 Å². The number of carboxylic acids is 1.